The molecule has 3 rings (SSSR count). The van der Waals surface area contributed by atoms with Crippen molar-refractivity contribution in [2.45, 2.75) is 26.2 Å². The number of rotatable bonds is 3. The fraction of sp³-hybridized carbons (Fsp3) is 0.286. The number of hydrogen-bond acceptors (Lipinski definition) is 3. The van der Waals surface area contributed by atoms with Gasteiger partial charge in [0.2, 0.25) is 0 Å². The van der Waals surface area contributed by atoms with Crippen LogP contribution in [0, 0.1) is 17.4 Å². The second-order valence-electron chi connectivity index (χ2n) is 6.17. The lowest BCUT2D eigenvalue weighted by Gasteiger charge is -2.25. The van der Waals surface area contributed by atoms with Gasteiger partial charge in [-0.3, -0.25) is 4.90 Å². The number of aryl methyl sites for hydroxylation is 1. The van der Waals surface area contributed by atoms with Crippen LogP contribution in [-0.4, -0.2) is 6.61 Å². The minimum Gasteiger partial charge on any atom is -0.493 e. The molecule has 1 atom stereocenters. The van der Waals surface area contributed by atoms with Gasteiger partial charge in [-0.2, -0.15) is 5.26 Å². The first kappa shape index (κ1) is 16.1. The molecule has 1 aromatic carbocycles. The van der Waals surface area contributed by atoms with E-state index in [2.05, 4.69) is 50.1 Å². The van der Waals surface area contributed by atoms with Crippen molar-refractivity contribution in [2.75, 3.05) is 11.5 Å². The number of anilines is 1. The maximum absolute atomic E-state index is 9.70. The Morgan fingerprint density at radius 3 is 3.08 bits per heavy atom. The molecule has 0 saturated heterocycles. The molecule has 0 aromatic heterocycles. The van der Waals surface area contributed by atoms with E-state index in [-0.39, 0.29) is 5.92 Å². The van der Waals surface area contributed by atoms with Crippen LogP contribution >= 0.6 is 0 Å². The molecule has 1 aromatic rings. The van der Waals surface area contributed by atoms with Crippen LogP contribution in [0.4, 0.5) is 5.69 Å². The zero-order valence-electron chi connectivity index (χ0n) is 14.0. The summed E-state index contributed by atoms with van der Waals surface area (Å²) < 4.78 is 5.66. The summed E-state index contributed by atoms with van der Waals surface area (Å²) in [6.45, 7) is 7.04. The van der Waals surface area contributed by atoms with E-state index in [0.29, 0.717) is 0 Å². The number of benzene rings is 1. The predicted octanol–water partition coefficient (Wildman–Crippen LogP) is 4.89. The van der Waals surface area contributed by atoms with Crippen molar-refractivity contribution in [3.8, 4) is 11.9 Å². The highest BCUT2D eigenvalue weighted by Crippen LogP contribution is 2.32. The summed E-state index contributed by atoms with van der Waals surface area (Å²) in [5.74, 6) is 0.946. The largest absolute Gasteiger partial charge is 0.493 e. The fourth-order valence-corrected chi connectivity index (χ4v) is 3.08. The number of hydrogen-bond donors (Lipinski definition) is 0. The summed E-state index contributed by atoms with van der Waals surface area (Å²) in [5.41, 5.74) is 3.96. The van der Waals surface area contributed by atoms with Gasteiger partial charge in [-0.1, -0.05) is 42.5 Å². The molecule has 0 amide bonds. The monoisotopic (exact) mass is 318 g/mol. The quantitative estimate of drug-likeness (QED) is 0.452. The average Bonchev–Trinajstić information content (AvgIpc) is 2.58. The van der Waals surface area contributed by atoms with Gasteiger partial charge in [0, 0.05) is 11.6 Å². The highest BCUT2D eigenvalue weighted by molar-refractivity contribution is 5.61. The first-order chi connectivity index (χ1) is 11.7. The molecule has 0 saturated carbocycles. The fourth-order valence-electron chi connectivity index (χ4n) is 3.08. The molecule has 0 N–H and O–H groups in total. The molecule has 1 aliphatic heterocycles. The van der Waals surface area contributed by atoms with Gasteiger partial charge in [0.15, 0.2) is 6.19 Å². The second-order valence-corrected chi connectivity index (χ2v) is 6.17. The van der Waals surface area contributed by atoms with Gasteiger partial charge < -0.3 is 4.74 Å². The summed E-state index contributed by atoms with van der Waals surface area (Å²) in [6, 6.07) is 5.94. The number of allylic oxidation sites excluding steroid dienone is 5. The van der Waals surface area contributed by atoms with Crippen LogP contribution in [0.2, 0.25) is 0 Å². The van der Waals surface area contributed by atoms with E-state index in [9.17, 15) is 5.26 Å². The summed E-state index contributed by atoms with van der Waals surface area (Å²) in [4.78, 5) is 1.62. The van der Waals surface area contributed by atoms with Gasteiger partial charge in [-0.15, -0.1) is 0 Å². The van der Waals surface area contributed by atoms with E-state index in [1.807, 2.05) is 18.2 Å². The standard InChI is InChI=1S/C21H22N2O/c1-16-7-4-3-5-8-18(13-16)17(2)23(15-22)20-10-11-21-19(14-20)9-6-12-24-21/h4-5,7-8,10-11,13-14,18H,2-3,6,9,12H2,1H3/b7-4-,8-5?,16-13-. The topological polar surface area (TPSA) is 36.3 Å². The molecule has 2 aliphatic rings. The summed E-state index contributed by atoms with van der Waals surface area (Å²) >= 11 is 0. The third kappa shape index (κ3) is 3.44. The Bertz CT molecular complexity index is 765. The molecule has 0 spiro atoms. The molecule has 0 fully saturated rings. The van der Waals surface area contributed by atoms with Gasteiger partial charge in [0.1, 0.15) is 5.75 Å². The molecule has 3 heteroatoms. The Hall–Kier alpha value is -2.73. The van der Waals surface area contributed by atoms with E-state index in [0.717, 1.165) is 48.6 Å². The van der Waals surface area contributed by atoms with Crippen LogP contribution in [0.15, 0.2) is 66.4 Å². The molecular weight excluding hydrogens is 296 g/mol. The maximum atomic E-state index is 9.70. The summed E-state index contributed by atoms with van der Waals surface area (Å²) in [6.07, 6.45) is 15.8. The zero-order valence-corrected chi connectivity index (χ0v) is 14.0. The lowest BCUT2D eigenvalue weighted by Crippen LogP contribution is -2.21. The molecule has 24 heavy (non-hydrogen) atoms. The lowest BCUT2D eigenvalue weighted by molar-refractivity contribution is 0.288. The minimum absolute atomic E-state index is 0.0156. The number of ether oxygens (including phenoxy) is 1. The van der Waals surface area contributed by atoms with Crippen molar-refractivity contribution in [2.24, 2.45) is 5.92 Å². The van der Waals surface area contributed by atoms with Crippen molar-refractivity contribution < 1.29 is 4.74 Å². The van der Waals surface area contributed by atoms with Gasteiger partial charge in [0.05, 0.1) is 12.3 Å². The van der Waals surface area contributed by atoms with Crippen molar-refractivity contribution in [3.05, 3.63) is 72.0 Å². The van der Waals surface area contributed by atoms with E-state index < -0.39 is 0 Å². The Morgan fingerprint density at radius 1 is 1.38 bits per heavy atom. The van der Waals surface area contributed by atoms with E-state index in [1.165, 1.54) is 5.57 Å². The van der Waals surface area contributed by atoms with E-state index in [1.54, 1.807) is 4.90 Å². The third-order valence-electron chi connectivity index (χ3n) is 4.36. The Balaban J connectivity index is 1.89. The molecule has 0 bridgehead atoms. The van der Waals surface area contributed by atoms with Crippen molar-refractivity contribution >= 4 is 5.69 Å². The molecule has 3 nitrogen and oxygen atoms in total. The van der Waals surface area contributed by atoms with Gasteiger partial charge in [0.25, 0.3) is 0 Å². The van der Waals surface area contributed by atoms with Gasteiger partial charge in [-0.25, -0.2) is 0 Å². The Kier molecular flexibility index (Phi) is 4.86. The highest BCUT2D eigenvalue weighted by atomic mass is 16.5. The van der Waals surface area contributed by atoms with Crippen molar-refractivity contribution in [3.63, 3.8) is 0 Å². The predicted molar refractivity (Wildman–Crippen MR) is 97.6 cm³/mol. The molecule has 1 aliphatic carbocycles. The second kappa shape index (κ2) is 7.23. The first-order valence-corrected chi connectivity index (χ1v) is 8.35. The molecule has 0 radical (unpaired) electrons. The molecular formula is C21H22N2O. The minimum atomic E-state index is 0.0156. The zero-order chi connectivity index (χ0) is 16.9. The van der Waals surface area contributed by atoms with Gasteiger partial charge in [-0.05, 0) is 49.9 Å². The van der Waals surface area contributed by atoms with Crippen LogP contribution < -0.4 is 9.64 Å². The van der Waals surface area contributed by atoms with Crippen LogP contribution in [0.1, 0.15) is 25.3 Å². The normalized spacial score (nSPS) is 22.7. The Morgan fingerprint density at radius 2 is 2.25 bits per heavy atom. The van der Waals surface area contributed by atoms with Crippen LogP contribution in [-0.2, 0) is 6.42 Å². The molecule has 1 heterocycles. The van der Waals surface area contributed by atoms with Crippen molar-refractivity contribution in [1.29, 1.82) is 5.26 Å². The lowest BCUT2D eigenvalue weighted by atomic mass is 9.98. The van der Waals surface area contributed by atoms with E-state index in [4.69, 9.17) is 4.74 Å². The SMILES string of the molecule is C=C(C1C=CC/C=C\C(C)=C/1)N(C#N)c1ccc2c(c1)CCCO2. The van der Waals surface area contributed by atoms with Crippen LogP contribution in [0.5, 0.6) is 5.75 Å². The Labute approximate surface area is 143 Å². The molecule has 1 unspecified atom stereocenters. The summed E-state index contributed by atoms with van der Waals surface area (Å²) in [5, 5.41) is 9.70. The molecule has 122 valence electrons. The smallest absolute Gasteiger partial charge is 0.189 e. The van der Waals surface area contributed by atoms with Crippen molar-refractivity contribution in [1.82, 2.24) is 0 Å². The van der Waals surface area contributed by atoms with Crippen LogP contribution in [0.25, 0.3) is 0 Å². The van der Waals surface area contributed by atoms with E-state index >= 15 is 0 Å². The van der Waals surface area contributed by atoms with Crippen LogP contribution in [0.3, 0.4) is 0 Å². The number of fused-ring (bicyclic) bond motifs is 1. The average molecular weight is 318 g/mol. The first-order valence-electron chi connectivity index (χ1n) is 8.35. The van der Waals surface area contributed by atoms with Gasteiger partial charge >= 0.3 is 0 Å². The highest BCUT2D eigenvalue weighted by Gasteiger charge is 2.19. The number of nitrogens with zero attached hydrogens (tertiary/aromatic N) is 2. The number of nitriles is 1. The summed E-state index contributed by atoms with van der Waals surface area (Å²) in [7, 11) is 0. The third-order valence-corrected chi connectivity index (χ3v) is 4.36. The maximum Gasteiger partial charge on any atom is 0.189 e.